The summed E-state index contributed by atoms with van der Waals surface area (Å²) in [6.45, 7) is 3.03. The van der Waals surface area contributed by atoms with Gasteiger partial charge in [-0.2, -0.15) is 0 Å². The van der Waals surface area contributed by atoms with E-state index in [-0.39, 0.29) is 0 Å². The number of rotatable bonds is 4. The molecule has 0 aliphatic heterocycles. The highest BCUT2D eigenvalue weighted by molar-refractivity contribution is 6.05. The van der Waals surface area contributed by atoms with Crippen molar-refractivity contribution in [1.82, 2.24) is 0 Å². The summed E-state index contributed by atoms with van der Waals surface area (Å²) in [7, 11) is 0. The summed E-state index contributed by atoms with van der Waals surface area (Å²) in [6.07, 6.45) is 3.75. The Kier molecular flexibility index (Phi) is 6.40. The van der Waals surface area contributed by atoms with Gasteiger partial charge >= 0.3 is 0 Å². The molecule has 0 aliphatic rings. The number of hydrogen-bond acceptors (Lipinski definition) is 1. The van der Waals surface area contributed by atoms with Gasteiger partial charge in [0.05, 0.1) is 0 Å². The van der Waals surface area contributed by atoms with Gasteiger partial charge in [-0.05, 0) is 45.6 Å². The van der Waals surface area contributed by atoms with E-state index in [1.54, 1.807) is 0 Å². The van der Waals surface area contributed by atoms with Crippen molar-refractivity contribution in [2.75, 3.05) is 6.54 Å². The summed E-state index contributed by atoms with van der Waals surface area (Å²) in [6, 6.07) is 30.2. The standard InChI is InChI=1S/C20H14.C5H13N/c1-3-11-17-15(7-1)9-5-13-19(17)20-14-6-10-16-8-2-4-12-18(16)20;1-2-3-4-5-6/h1-14H;2-6H2,1H3. The maximum atomic E-state index is 5.21. The minimum absolute atomic E-state index is 0.855. The Bertz CT molecular complexity index is 880. The van der Waals surface area contributed by atoms with Gasteiger partial charge in [-0.15, -0.1) is 0 Å². The van der Waals surface area contributed by atoms with Gasteiger partial charge in [-0.1, -0.05) is 105 Å². The third-order valence-corrected chi connectivity index (χ3v) is 4.68. The first-order valence-corrected chi connectivity index (χ1v) is 9.51. The molecule has 0 atom stereocenters. The summed E-state index contributed by atoms with van der Waals surface area (Å²) < 4.78 is 0. The molecule has 0 spiro atoms. The molecule has 2 N–H and O–H groups in total. The van der Waals surface area contributed by atoms with Crippen molar-refractivity contribution in [3.8, 4) is 11.1 Å². The fourth-order valence-corrected chi connectivity index (χ4v) is 3.31. The van der Waals surface area contributed by atoms with Crippen LogP contribution in [-0.2, 0) is 0 Å². The van der Waals surface area contributed by atoms with Gasteiger partial charge in [0.2, 0.25) is 0 Å². The van der Waals surface area contributed by atoms with Gasteiger partial charge in [0.15, 0.2) is 0 Å². The Morgan fingerprint density at radius 3 is 1.46 bits per heavy atom. The summed E-state index contributed by atoms with van der Waals surface area (Å²) >= 11 is 0. The monoisotopic (exact) mass is 341 g/mol. The van der Waals surface area contributed by atoms with Crippen LogP contribution in [0.4, 0.5) is 0 Å². The first-order chi connectivity index (χ1) is 12.8. The van der Waals surface area contributed by atoms with Crippen LogP contribution in [0.1, 0.15) is 26.2 Å². The molecule has 4 aromatic carbocycles. The fourth-order valence-electron chi connectivity index (χ4n) is 3.31. The van der Waals surface area contributed by atoms with Crippen molar-refractivity contribution in [2.24, 2.45) is 5.73 Å². The number of benzene rings is 4. The zero-order valence-electron chi connectivity index (χ0n) is 15.5. The Balaban J connectivity index is 0.000000286. The molecule has 4 rings (SSSR count). The summed E-state index contributed by atoms with van der Waals surface area (Å²) in [5.41, 5.74) is 7.83. The van der Waals surface area contributed by atoms with Crippen molar-refractivity contribution in [3.63, 3.8) is 0 Å². The molecular formula is C25H27N. The lowest BCUT2D eigenvalue weighted by atomic mass is 9.94. The smallest absolute Gasteiger partial charge is 0.00773 e. The normalized spacial score (nSPS) is 10.5. The molecule has 0 aromatic heterocycles. The van der Waals surface area contributed by atoms with E-state index in [4.69, 9.17) is 5.73 Å². The van der Waals surface area contributed by atoms with Gasteiger partial charge in [-0.3, -0.25) is 0 Å². The molecule has 0 fully saturated rings. The predicted molar refractivity (Wildman–Crippen MR) is 115 cm³/mol. The van der Waals surface area contributed by atoms with Gasteiger partial charge in [0, 0.05) is 0 Å². The molecule has 1 nitrogen and oxygen atoms in total. The topological polar surface area (TPSA) is 26.0 Å². The highest BCUT2D eigenvalue weighted by Gasteiger charge is 2.06. The van der Waals surface area contributed by atoms with Gasteiger partial charge in [0.25, 0.3) is 0 Å². The number of unbranched alkanes of at least 4 members (excludes halogenated alkanes) is 2. The average molecular weight is 341 g/mol. The molecule has 132 valence electrons. The highest BCUT2D eigenvalue weighted by Crippen LogP contribution is 2.33. The third-order valence-electron chi connectivity index (χ3n) is 4.68. The molecule has 0 amide bonds. The second-order valence-electron chi connectivity index (χ2n) is 6.55. The molecular weight excluding hydrogens is 314 g/mol. The van der Waals surface area contributed by atoms with E-state index in [2.05, 4.69) is 91.9 Å². The van der Waals surface area contributed by atoms with Gasteiger partial charge in [-0.25, -0.2) is 0 Å². The molecule has 0 heterocycles. The van der Waals surface area contributed by atoms with Crippen molar-refractivity contribution >= 4 is 21.5 Å². The van der Waals surface area contributed by atoms with E-state index in [9.17, 15) is 0 Å². The zero-order chi connectivity index (χ0) is 18.2. The van der Waals surface area contributed by atoms with Crippen LogP contribution in [0.25, 0.3) is 32.7 Å². The zero-order valence-corrected chi connectivity index (χ0v) is 15.5. The molecule has 0 saturated carbocycles. The number of nitrogens with two attached hydrogens (primary N) is 1. The van der Waals surface area contributed by atoms with Crippen LogP contribution in [-0.4, -0.2) is 6.54 Å². The molecule has 0 aliphatic carbocycles. The molecule has 0 unspecified atom stereocenters. The minimum atomic E-state index is 0.855. The Morgan fingerprint density at radius 2 is 1.04 bits per heavy atom. The van der Waals surface area contributed by atoms with Gasteiger partial charge in [0.1, 0.15) is 0 Å². The first kappa shape index (κ1) is 18.2. The molecule has 26 heavy (non-hydrogen) atoms. The molecule has 0 radical (unpaired) electrons. The van der Waals surface area contributed by atoms with Crippen LogP contribution in [0.5, 0.6) is 0 Å². The van der Waals surface area contributed by atoms with E-state index in [1.807, 2.05) is 0 Å². The highest BCUT2D eigenvalue weighted by atomic mass is 14.5. The summed E-state index contributed by atoms with van der Waals surface area (Å²) in [5.74, 6) is 0. The van der Waals surface area contributed by atoms with E-state index < -0.39 is 0 Å². The van der Waals surface area contributed by atoms with E-state index >= 15 is 0 Å². The van der Waals surface area contributed by atoms with E-state index in [0.717, 1.165) is 6.54 Å². The lowest BCUT2D eigenvalue weighted by molar-refractivity contribution is 0.727. The second kappa shape index (κ2) is 9.17. The van der Waals surface area contributed by atoms with Crippen LogP contribution < -0.4 is 5.73 Å². The SMILES string of the molecule is CCCCCN.c1ccc2c(-c3cccc4ccccc34)cccc2c1. The lowest BCUT2D eigenvalue weighted by Gasteiger charge is -2.10. The van der Waals surface area contributed by atoms with Crippen molar-refractivity contribution in [1.29, 1.82) is 0 Å². The third kappa shape index (κ3) is 4.12. The molecule has 4 aromatic rings. The van der Waals surface area contributed by atoms with Crippen LogP contribution in [0.2, 0.25) is 0 Å². The Hall–Kier alpha value is -2.64. The first-order valence-electron chi connectivity index (χ1n) is 9.51. The largest absolute Gasteiger partial charge is 0.330 e. The molecule has 0 saturated heterocycles. The maximum Gasteiger partial charge on any atom is -0.00773 e. The van der Waals surface area contributed by atoms with Crippen LogP contribution >= 0.6 is 0 Å². The van der Waals surface area contributed by atoms with Crippen molar-refractivity contribution in [3.05, 3.63) is 84.9 Å². The van der Waals surface area contributed by atoms with Crippen molar-refractivity contribution in [2.45, 2.75) is 26.2 Å². The van der Waals surface area contributed by atoms with Gasteiger partial charge < -0.3 is 5.73 Å². The van der Waals surface area contributed by atoms with Crippen LogP contribution in [0.3, 0.4) is 0 Å². The summed E-state index contributed by atoms with van der Waals surface area (Å²) in [4.78, 5) is 0. The quantitative estimate of drug-likeness (QED) is 0.406. The Morgan fingerprint density at radius 1 is 0.577 bits per heavy atom. The van der Waals surface area contributed by atoms with E-state index in [1.165, 1.54) is 51.9 Å². The molecule has 1 heteroatoms. The van der Waals surface area contributed by atoms with Crippen LogP contribution in [0.15, 0.2) is 84.9 Å². The fraction of sp³-hybridized carbons (Fsp3) is 0.200. The Labute approximate surface area is 156 Å². The minimum Gasteiger partial charge on any atom is -0.330 e. The maximum absolute atomic E-state index is 5.21. The average Bonchev–Trinajstić information content (AvgIpc) is 2.72. The van der Waals surface area contributed by atoms with Crippen molar-refractivity contribution < 1.29 is 0 Å². The number of fused-ring (bicyclic) bond motifs is 2. The van der Waals surface area contributed by atoms with E-state index in [0.29, 0.717) is 0 Å². The number of hydrogen-bond donors (Lipinski definition) is 1. The predicted octanol–water partition coefficient (Wildman–Crippen LogP) is 6.80. The van der Waals surface area contributed by atoms with Crippen LogP contribution in [0, 0.1) is 0 Å². The second-order valence-corrected chi connectivity index (χ2v) is 6.55. The lowest BCUT2D eigenvalue weighted by Crippen LogP contribution is -1.96. The molecule has 0 bridgehead atoms. The summed E-state index contributed by atoms with van der Waals surface area (Å²) in [5, 5.41) is 5.20.